The van der Waals surface area contributed by atoms with E-state index in [1.807, 2.05) is 13.0 Å². The summed E-state index contributed by atoms with van der Waals surface area (Å²) in [6, 6.07) is 1.91. The van der Waals surface area contributed by atoms with Crippen LogP contribution in [0.15, 0.2) is 6.07 Å². The van der Waals surface area contributed by atoms with E-state index in [9.17, 15) is 0 Å². The molecule has 1 heterocycles. The van der Waals surface area contributed by atoms with Crippen LogP contribution in [-0.4, -0.2) is 16.5 Å². The quantitative estimate of drug-likeness (QED) is 0.824. The van der Waals surface area contributed by atoms with E-state index in [1.165, 1.54) is 0 Å². The summed E-state index contributed by atoms with van der Waals surface area (Å²) in [6.45, 7) is 11.7. The van der Waals surface area contributed by atoms with E-state index in [-0.39, 0.29) is 0 Å². The number of rotatable bonds is 3. The van der Waals surface area contributed by atoms with Crippen molar-refractivity contribution in [3.05, 3.63) is 11.8 Å². The Kier molecular flexibility index (Phi) is 3.73. The van der Waals surface area contributed by atoms with Crippen LogP contribution in [0.1, 0.15) is 33.4 Å². The number of nitrogens with two attached hydrogens (primary N) is 1. The number of anilines is 2. The molecule has 1 aromatic heterocycles. The highest BCUT2D eigenvalue weighted by Gasteiger charge is 2.19. The van der Waals surface area contributed by atoms with Crippen LogP contribution in [0, 0.1) is 18.3 Å². The molecule has 3 N–H and O–H groups in total. The van der Waals surface area contributed by atoms with Gasteiger partial charge in [0, 0.05) is 18.3 Å². The van der Waals surface area contributed by atoms with Gasteiger partial charge < -0.3 is 11.1 Å². The zero-order valence-electron chi connectivity index (χ0n) is 10.8. The lowest BCUT2D eigenvalue weighted by atomic mass is 9.82. The van der Waals surface area contributed by atoms with Crippen molar-refractivity contribution < 1.29 is 0 Å². The maximum atomic E-state index is 5.59. The summed E-state index contributed by atoms with van der Waals surface area (Å²) in [5, 5.41) is 3.30. The lowest BCUT2D eigenvalue weighted by Gasteiger charge is -2.27. The molecule has 1 unspecified atom stereocenters. The molecule has 0 amide bonds. The SMILES string of the molecule is Cc1cc(NCC(C)C(C)(C)C)nc(N)n1. The Labute approximate surface area is 97.7 Å². The van der Waals surface area contributed by atoms with Gasteiger partial charge in [0.25, 0.3) is 0 Å². The summed E-state index contributed by atoms with van der Waals surface area (Å²) in [6.07, 6.45) is 0. The van der Waals surface area contributed by atoms with E-state index in [0.29, 0.717) is 17.3 Å². The second-order valence-corrected chi connectivity index (χ2v) is 5.40. The van der Waals surface area contributed by atoms with E-state index in [1.54, 1.807) is 0 Å². The first-order valence-corrected chi connectivity index (χ1v) is 5.64. The molecule has 0 saturated carbocycles. The van der Waals surface area contributed by atoms with Gasteiger partial charge >= 0.3 is 0 Å². The first-order valence-electron chi connectivity index (χ1n) is 5.64. The standard InChI is InChI=1S/C12H22N4/c1-8(12(3,4)5)7-14-10-6-9(2)15-11(13)16-10/h6,8H,7H2,1-5H3,(H3,13,14,15,16). The Hall–Kier alpha value is -1.32. The lowest BCUT2D eigenvalue weighted by Crippen LogP contribution is -2.25. The van der Waals surface area contributed by atoms with Gasteiger partial charge in [0.2, 0.25) is 5.95 Å². The lowest BCUT2D eigenvalue weighted by molar-refractivity contribution is 0.274. The second-order valence-electron chi connectivity index (χ2n) is 5.40. The van der Waals surface area contributed by atoms with Crippen molar-refractivity contribution in [1.82, 2.24) is 9.97 Å². The van der Waals surface area contributed by atoms with E-state index in [0.717, 1.165) is 18.1 Å². The number of hydrogen-bond donors (Lipinski definition) is 2. The molecular formula is C12H22N4. The highest BCUT2D eigenvalue weighted by molar-refractivity contribution is 5.40. The molecule has 0 radical (unpaired) electrons. The van der Waals surface area contributed by atoms with E-state index in [4.69, 9.17) is 5.73 Å². The average Bonchev–Trinajstić information content (AvgIpc) is 2.11. The number of nitrogen functional groups attached to an aromatic ring is 1. The van der Waals surface area contributed by atoms with Gasteiger partial charge in [-0.2, -0.15) is 4.98 Å². The Morgan fingerprint density at radius 2 is 2.00 bits per heavy atom. The molecular weight excluding hydrogens is 200 g/mol. The van der Waals surface area contributed by atoms with Crippen LogP contribution in [0.25, 0.3) is 0 Å². The fourth-order valence-electron chi connectivity index (χ4n) is 1.25. The van der Waals surface area contributed by atoms with Crippen LogP contribution >= 0.6 is 0 Å². The Morgan fingerprint density at radius 3 is 2.50 bits per heavy atom. The highest BCUT2D eigenvalue weighted by atomic mass is 15.1. The van der Waals surface area contributed by atoms with Gasteiger partial charge in [-0.1, -0.05) is 27.7 Å². The van der Waals surface area contributed by atoms with Crippen molar-refractivity contribution >= 4 is 11.8 Å². The van der Waals surface area contributed by atoms with Crippen molar-refractivity contribution in [3.63, 3.8) is 0 Å². The maximum absolute atomic E-state index is 5.59. The van der Waals surface area contributed by atoms with Gasteiger partial charge in [-0.3, -0.25) is 0 Å². The van der Waals surface area contributed by atoms with Gasteiger partial charge in [-0.05, 0) is 18.3 Å². The molecule has 0 bridgehead atoms. The minimum Gasteiger partial charge on any atom is -0.370 e. The van der Waals surface area contributed by atoms with E-state index >= 15 is 0 Å². The summed E-state index contributed by atoms with van der Waals surface area (Å²) in [4.78, 5) is 8.18. The molecule has 1 atom stereocenters. The molecule has 0 aromatic carbocycles. The Morgan fingerprint density at radius 1 is 1.38 bits per heavy atom. The third-order valence-corrected chi connectivity index (χ3v) is 2.94. The summed E-state index contributed by atoms with van der Waals surface area (Å²) < 4.78 is 0. The van der Waals surface area contributed by atoms with Crippen molar-refractivity contribution in [3.8, 4) is 0 Å². The molecule has 0 fully saturated rings. The maximum Gasteiger partial charge on any atom is 0.222 e. The van der Waals surface area contributed by atoms with Gasteiger partial charge in [0.05, 0.1) is 0 Å². The van der Waals surface area contributed by atoms with Crippen molar-refractivity contribution in [2.24, 2.45) is 11.3 Å². The predicted octanol–water partition coefficient (Wildman–Crippen LogP) is 2.46. The van der Waals surface area contributed by atoms with Gasteiger partial charge in [0.1, 0.15) is 5.82 Å². The van der Waals surface area contributed by atoms with Crippen LogP contribution in [0.2, 0.25) is 0 Å². The number of aryl methyl sites for hydroxylation is 1. The first kappa shape index (κ1) is 12.7. The average molecular weight is 222 g/mol. The minimum absolute atomic E-state index is 0.292. The number of nitrogens with zero attached hydrogens (tertiary/aromatic N) is 2. The smallest absolute Gasteiger partial charge is 0.222 e. The zero-order chi connectivity index (χ0) is 12.3. The molecule has 1 aromatic rings. The van der Waals surface area contributed by atoms with Gasteiger partial charge in [0.15, 0.2) is 0 Å². The predicted molar refractivity (Wildman–Crippen MR) is 68.3 cm³/mol. The number of aromatic nitrogens is 2. The van der Waals surface area contributed by atoms with Gasteiger partial charge in [-0.25, -0.2) is 4.98 Å². The summed E-state index contributed by atoms with van der Waals surface area (Å²) in [5.74, 6) is 1.69. The molecule has 4 heteroatoms. The summed E-state index contributed by atoms with van der Waals surface area (Å²) in [7, 11) is 0. The molecule has 1 rings (SSSR count). The van der Waals surface area contributed by atoms with Crippen LogP contribution < -0.4 is 11.1 Å². The largest absolute Gasteiger partial charge is 0.370 e. The van der Waals surface area contributed by atoms with Crippen LogP contribution in [0.4, 0.5) is 11.8 Å². The second kappa shape index (κ2) is 4.68. The molecule has 0 spiro atoms. The van der Waals surface area contributed by atoms with Gasteiger partial charge in [-0.15, -0.1) is 0 Å². The summed E-state index contributed by atoms with van der Waals surface area (Å²) in [5.41, 5.74) is 6.77. The fraction of sp³-hybridized carbons (Fsp3) is 0.667. The highest BCUT2D eigenvalue weighted by Crippen LogP contribution is 2.25. The Balaban J connectivity index is 2.61. The Bertz CT molecular complexity index is 334. The molecule has 4 nitrogen and oxygen atoms in total. The molecule has 16 heavy (non-hydrogen) atoms. The normalized spacial score (nSPS) is 13.6. The van der Waals surface area contributed by atoms with Crippen LogP contribution in [-0.2, 0) is 0 Å². The molecule has 0 aliphatic heterocycles. The fourth-order valence-corrected chi connectivity index (χ4v) is 1.25. The minimum atomic E-state index is 0.292. The number of hydrogen-bond acceptors (Lipinski definition) is 4. The third kappa shape index (κ3) is 3.68. The molecule has 0 aliphatic rings. The third-order valence-electron chi connectivity index (χ3n) is 2.94. The van der Waals surface area contributed by atoms with E-state index < -0.39 is 0 Å². The van der Waals surface area contributed by atoms with Crippen LogP contribution in [0.5, 0.6) is 0 Å². The van der Waals surface area contributed by atoms with Crippen molar-refractivity contribution in [1.29, 1.82) is 0 Å². The monoisotopic (exact) mass is 222 g/mol. The van der Waals surface area contributed by atoms with E-state index in [2.05, 4.69) is 43.0 Å². The summed E-state index contributed by atoms with van der Waals surface area (Å²) >= 11 is 0. The zero-order valence-corrected chi connectivity index (χ0v) is 10.8. The van der Waals surface area contributed by atoms with Crippen molar-refractivity contribution in [2.75, 3.05) is 17.6 Å². The van der Waals surface area contributed by atoms with Crippen molar-refractivity contribution in [2.45, 2.75) is 34.6 Å². The first-order chi connectivity index (χ1) is 7.29. The van der Waals surface area contributed by atoms with Crippen LogP contribution in [0.3, 0.4) is 0 Å². The number of nitrogens with one attached hydrogen (secondary N) is 1. The molecule has 0 aliphatic carbocycles. The topological polar surface area (TPSA) is 63.8 Å². The molecule has 90 valence electrons. The molecule has 0 saturated heterocycles.